The fourth-order valence-corrected chi connectivity index (χ4v) is 8.86. The number of aliphatic hydroxyl groups is 1. The number of phenols is 11. The van der Waals surface area contributed by atoms with Crippen LogP contribution in [0.4, 0.5) is 0 Å². The van der Waals surface area contributed by atoms with E-state index in [0.29, 0.717) is 30.3 Å². The van der Waals surface area contributed by atoms with Crippen LogP contribution in [0.25, 0.3) is 11.1 Å². The van der Waals surface area contributed by atoms with Crippen molar-refractivity contribution in [2.75, 3.05) is 13.2 Å². The number of aliphatic hydroxyl groups excluding tert-OH is 1. The summed E-state index contributed by atoms with van der Waals surface area (Å²) in [7, 11) is 0. The van der Waals surface area contributed by atoms with Gasteiger partial charge in [-0.15, -0.1) is 0 Å². The fourth-order valence-electron chi connectivity index (χ4n) is 8.86. The first-order valence-electron chi connectivity index (χ1n) is 19.6. The zero-order chi connectivity index (χ0) is 49.9. The van der Waals surface area contributed by atoms with Crippen molar-refractivity contribution in [3.05, 3.63) is 58.1 Å². The number of esters is 5. The van der Waals surface area contributed by atoms with Crippen molar-refractivity contribution < 1.29 is 133 Å². The van der Waals surface area contributed by atoms with Crippen LogP contribution in [0.15, 0.2) is 30.3 Å². The monoisotopic (exact) mass is 966 g/mol. The molecular weight excluding hydrogens is 936 g/mol. The molecule has 0 radical (unpaired) electrons. The molecule has 69 heavy (non-hydrogen) atoms. The van der Waals surface area contributed by atoms with E-state index in [-0.39, 0.29) is 6.47 Å². The number of benzene rings is 4. The third-order valence-electron chi connectivity index (χ3n) is 12.0. The standard InChI is InChI=1S/C42H30O27/c43-8-62-6-13-21-22-12(5-18(48)26(52)30(22)64-40(61)29(21)55)38(59)66-33-31-32(65-39(13)60)35(67-41(33)68-36(57)9-1-14(44)23(49)15(45)2-9)42(69-31)7-63-37(58)11-4-17(47)25(51)28(54)20(11)19-10(34(42)56)3-16(46)24(50)27(19)53/h1-5,8,13,21,29,31-33,35,41,44-55H,6-7H2/t13?,21?,29-,31?,32?,33?,35?,41?,42?/m0/s1. The van der Waals surface area contributed by atoms with Crippen LogP contribution in [0.5, 0.6) is 69.0 Å². The second-order valence-corrected chi connectivity index (χ2v) is 15.8. The SMILES string of the molecule is O=COCC1C(=O)OC2C3OC4(COC(=O)c5cc(O)c(O)c(O)c5-c5c(cc(O)c(O)c5O)C4=O)C2OC(OC(=O)c2cc(O)c(O)c(O)c2)C3OC(=O)c2cc(O)c(O)c3c2C1[C@H](O)C(=O)O3. The molecule has 0 aliphatic carbocycles. The topological polar surface area (TPSA) is 436 Å². The van der Waals surface area contributed by atoms with Gasteiger partial charge in [-0.2, -0.15) is 0 Å². The molecule has 2 saturated heterocycles. The van der Waals surface area contributed by atoms with E-state index in [1.54, 1.807) is 0 Å². The Morgan fingerprint density at radius 3 is 1.88 bits per heavy atom. The third-order valence-corrected chi connectivity index (χ3v) is 12.0. The molecule has 0 aromatic heterocycles. The Kier molecular flexibility index (Phi) is 10.4. The zero-order valence-electron chi connectivity index (χ0n) is 34.0. The lowest BCUT2D eigenvalue weighted by molar-refractivity contribution is -0.250. The lowest BCUT2D eigenvalue weighted by Crippen LogP contribution is -2.61. The van der Waals surface area contributed by atoms with Gasteiger partial charge in [0.15, 0.2) is 75.7 Å². The van der Waals surface area contributed by atoms with Crippen molar-refractivity contribution in [3.63, 3.8) is 0 Å². The fraction of sp³-hybridized carbons (Fsp3) is 0.262. The number of hydrogen-bond acceptors (Lipinski definition) is 27. The van der Waals surface area contributed by atoms with Crippen LogP contribution in [0.1, 0.15) is 52.9 Å². The number of aromatic hydroxyl groups is 11. The summed E-state index contributed by atoms with van der Waals surface area (Å²) in [5.74, 6) is -28.4. The maximum atomic E-state index is 15.4. The largest absolute Gasteiger partial charge is 0.504 e. The average Bonchev–Trinajstić information content (AvgIpc) is 3.54. The van der Waals surface area contributed by atoms with Crippen molar-refractivity contribution in [2.24, 2.45) is 5.92 Å². The lowest BCUT2D eigenvalue weighted by atomic mass is 9.77. The molecule has 5 aliphatic heterocycles. The van der Waals surface area contributed by atoms with Crippen LogP contribution in [0.2, 0.25) is 0 Å². The van der Waals surface area contributed by atoms with Crippen molar-refractivity contribution in [2.45, 2.75) is 48.3 Å². The minimum atomic E-state index is -3.10. The van der Waals surface area contributed by atoms with Gasteiger partial charge in [0, 0.05) is 28.2 Å². The number of carbonyl (C=O) groups is 7. The molecule has 2 fully saturated rings. The Hall–Kier alpha value is -8.95. The number of Topliss-reactive ketones (excluding diaryl/α,β-unsaturated/α-hetero) is 1. The van der Waals surface area contributed by atoms with Crippen LogP contribution in [0, 0.1) is 5.92 Å². The molecular formula is C42H30O27. The highest BCUT2D eigenvalue weighted by atomic mass is 16.8. The molecule has 4 aromatic carbocycles. The van der Waals surface area contributed by atoms with E-state index in [2.05, 4.69) is 0 Å². The van der Waals surface area contributed by atoms with Crippen molar-refractivity contribution in [1.82, 2.24) is 0 Å². The number of ether oxygens (including phenoxy) is 8. The number of rotatable bonds is 5. The van der Waals surface area contributed by atoms with E-state index in [1.165, 1.54) is 0 Å². The summed E-state index contributed by atoms with van der Waals surface area (Å²) in [4.78, 5) is 97.0. The predicted octanol–water partition coefficient (Wildman–Crippen LogP) is -0.509. The molecule has 4 aromatic rings. The number of carbonyl (C=O) groups excluding carboxylic acids is 7. The molecule has 4 bridgehead atoms. The first kappa shape index (κ1) is 45.2. The first-order chi connectivity index (χ1) is 32.6. The smallest absolute Gasteiger partial charge is 0.341 e. The number of cyclic esters (lactones) is 1. The third kappa shape index (κ3) is 6.65. The van der Waals surface area contributed by atoms with Crippen LogP contribution >= 0.6 is 0 Å². The minimum Gasteiger partial charge on any atom is -0.504 e. The molecule has 12 N–H and O–H groups in total. The van der Waals surface area contributed by atoms with E-state index >= 15 is 4.79 Å². The molecule has 9 atom stereocenters. The second kappa shape index (κ2) is 15.8. The summed E-state index contributed by atoms with van der Waals surface area (Å²) in [6.07, 6.45) is -14.2. The molecule has 360 valence electrons. The van der Waals surface area contributed by atoms with Gasteiger partial charge in [0.1, 0.15) is 31.3 Å². The van der Waals surface area contributed by atoms with Gasteiger partial charge in [0.25, 0.3) is 6.47 Å². The second-order valence-electron chi connectivity index (χ2n) is 15.8. The predicted molar refractivity (Wildman–Crippen MR) is 208 cm³/mol. The summed E-state index contributed by atoms with van der Waals surface area (Å²) in [5, 5.41) is 128. The Morgan fingerprint density at radius 1 is 0.667 bits per heavy atom. The molecule has 9 rings (SSSR count). The summed E-state index contributed by atoms with van der Waals surface area (Å²) in [6.45, 7) is -2.72. The van der Waals surface area contributed by atoms with Gasteiger partial charge >= 0.3 is 29.8 Å². The molecule has 0 amide bonds. The molecule has 0 saturated carbocycles. The zero-order valence-corrected chi connectivity index (χ0v) is 34.0. The summed E-state index contributed by atoms with van der Waals surface area (Å²) in [5.41, 5.74) is -9.47. The molecule has 27 heteroatoms. The van der Waals surface area contributed by atoms with Gasteiger partial charge in [-0.05, 0) is 30.3 Å². The highest BCUT2D eigenvalue weighted by molar-refractivity contribution is 6.14. The van der Waals surface area contributed by atoms with Gasteiger partial charge in [0.2, 0.25) is 29.3 Å². The van der Waals surface area contributed by atoms with Crippen LogP contribution < -0.4 is 4.74 Å². The Balaban J connectivity index is 1.28. The first-order valence-corrected chi connectivity index (χ1v) is 19.6. The Morgan fingerprint density at radius 2 is 1.25 bits per heavy atom. The maximum absolute atomic E-state index is 15.4. The Labute approximate surface area is 380 Å². The van der Waals surface area contributed by atoms with Crippen LogP contribution in [-0.4, -0.2) is 159 Å². The van der Waals surface area contributed by atoms with Gasteiger partial charge in [-0.25, -0.2) is 19.2 Å². The van der Waals surface area contributed by atoms with Crippen molar-refractivity contribution in [3.8, 4) is 80.1 Å². The summed E-state index contributed by atoms with van der Waals surface area (Å²) < 4.78 is 44.9. The average molecular weight is 967 g/mol. The molecule has 5 heterocycles. The van der Waals surface area contributed by atoms with E-state index in [4.69, 9.17) is 37.9 Å². The number of ketones is 1. The molecule has 27 nitrogen and oxygen atoms in total. The summed E-state index contributed by atoms with van der Waals surface area (Å²) in [6, 6.07) is 2.69. The molecule has 1 spiro atoms. The highest BCUT2D eigenvalue weighted by Crippen LogP contribution is 2.57. The quantitative estimate of drug-likeness (QED) is 0.0394. The van der Waals surface area contributed by atoms with E-state index in [9.17, 15) is 90.0 Å². The Bertz CT molecular complexity index is 2970. The van der Waals surface area contributed by atoms with Crippen molar-refractivity contribution >= 4 is 42.1 Å². The normalized spacial score (nSPS) is 26.8. The minimum absolute atomic E-state index is 0.176. The lowest BCUT2D eigenvalue weighted by Gasteiger charge is -2.39. The van der Waals surface area contributed by atoms with Crippen molar-refractivity contribution in [1.29, 1.82) is 0 Å². The van der Waals surface area contributed by atoms with Gasteiger partial charge in [0.05, 0.1) is 16.7 Å². The van der Waals surface area contributed by atoms with E-state index in [1.807, 2.05) is 0 Å². The van der Waals surface area contributed by atoms with E-state index < -0.39 is 211 Å². The van der Waals surface area contributed by atoms with Gasteiger partial charge < -0.3 is 99.2 Å². The van der Waals surface area contributed by atoms with E-state index in [0.717, 1.165) is 0 Å². The highest BCUT2D eigenvalue weighted by Gasteiger charge is 2.71. The van der Waals surface area contributed by atoms with Gasteiger partial charge in [-0.3, -0.25) is 14.4 Å². The number of fused-ring (bicyclic) bond motifs is 4. The maximum Gasteiger partial charge on any atom is 0.341 e. The number of phenolic OH excluding ortho intramolecular Hbond substituents is 11. The van der Waals surface area contributed by atoms with Crippen LogP contribution in [0.3, 0.4) is 0 Å². The van der Waals surface area contributed by atoms with Gasteiger partial charge in [-0.1, -0.05) is 0 Å². The molecule has 8 unspecified atom stereocenters. The van der Waals surface area contributed by atoms with Crippen LogP contribution in [-0.2, 0) is 47.5 Å². The summed E-state index contributed by atoms with van der Waals surface area (Å²) >= 11 is 0. The molecule has 5 aliphatic rings. The number of hydrogen-bond donors (Lipinski definition) is 12.